The van der Waals surface area contributed by atoms with Crippen molar-refractivity contribution in [3.05, 3.63) is 12.2 Å². The van der Waals surface area contributed by atoms with E-state index in [-0.39, 0.29) is 5.60 Å². The Bertz CT molecular complexity index is 298. The Morgan fingerprint density at radius 3 is 2.85 bits per heavy atom. The van der Waals surface area contributed by atoms with Gasteiger partial charge in [0.25, 0.3) is 0 Å². The van der Waals surface area contributed by atoms with Crippen LogP contribution in [-0.4, -0.2) is 25.9 Å². The van der Waals surface area contributed by atoms with Crippen LogP contribution >= 0.6 is 0 Å². The van der Waals surface area contributed by atoms with Gasteiger partial charge < -0.3 is 9.47 Å². The molecular formula is C11H14O2. The molecule has 3 fully saturated rings. The number of methoxy groups -OCH3 is 1. The molecule has 2 nitrogen and oxygen atoms in total. The summed E-state index contributed by atoms with van der Waals surface area (Å²) in [7, 11) is 1.88. The van der Waals surface area contributed by atoms with Crippen molar-refractivity contribution in [3.63, 3.8) is 0 Å². The average molecular weight is 178 g/mol. The molecule has 4 rings (SSSR count). The summed E-state index contributed by atoms with van der Waals surface area (Å²) in [6.45, 7) is 1.95. The zero-order valence-corrected chi connectivity index (χ0v) is 7.77. The molecule has 0 radical (unpaired) electrons. The van der Waals surface area contributed by atoms with E-state index in [9.17, 15) is 0 Å². The van der Waals surface area contributed by atoms with Crippen LogP contribution in [0.25, 0.3) is 0 Å². The van der Waals surface area contributed by atoms with Gasteiger partial charge >= 0.3 is 0 Å². The molecule has 13 heavy (non-hydrogen) atoms. The maximum atomic E-state index is 5.78. The van der Waals surface area contributed by atoms with Crippen molar-refractivity contribution in [2.75, 3.05) is 20.3 Å². The van der Waals surface area contributed by atoms with Crippen LogP contribution < -0.4 is 0 Å². The van der Waals surface area contributed by atoms with E-state index in [4.69, 9.17) is 9.47 Å². The Kier molecular flexibility index (Phi) is 1.01. The fourth-order valence-corrected chi connectivity index (χ4v) is 4.36. The predicted molar refractivity (Wildman–Crippen MR) is 47.1 cm³/mol. The van der Waals surface area contributed by atoms with Crippen molar-refractivity contribution in [1.82, 2.24) is 0 Å². The van der Waals surface area contributed by atoms with Gasteiger partial charge in [0, 0.05) is 24.9 Å². The topological polar surface area (TPSA) is 18.5 Å². The normalized spacial score (nSPS) is 65.5. The number of hydrogen-bond acceptors (Lipinski definition) is 2. The van der Waals surface area contributed by atoms with Crippen LogP contribution in [0.3, 0.4) is 0 Å². The number of hydrogen-bond donors (Lipinski definition) is 0. The molecule has 2 heteroatoms. The molecule has 0 N–H and O–H groups in total. The standard InChI is InChI=1S/C11H14O2/c1-12-11-8-2-3-9(11)10(11)7-5-13-4-6(7)8/h2-3,6-10H,4-5H2,1H3/t6-,7+,8-,9+,10-,11?/m0/s1. The lowest BCUT2D eigenvalue weighted by molar-refractivity contribution is 0.0264. The zero-order valence-electron chi connectivity index (χ0n) is 7.77. The van der Waals surface area contributed by atoms with E-state index in [1.807, 2.05) is 7.11 Å². The second-order valence-electron chi connectivity index (χ2n) is 4.89. The quantitative estimate of drug-likeness (QED) is 0.559. The lowest BCUT2D eigenvalue weighted by Crippen LogP contribution is -2.26. The minimum Gasteiger partial charge on any atom is -0.381 e. The van der Waals surface area contributed by atoms with E-state index in [1.165, 1.54) is 0 Å². The van der Waals surface area contributed by atoms with Crippen LogP contribution in [-0.2, 0) is 9.47 Å². The molecule has 0 amide bonds. The average Bonchev–Trinajstić information content (AvgIpc) is 2.56. The van der Waals surface area contributed by atoms with Crippen molar-refractivity contribution in [1.29, 1.82) is 0 Å². The molecule has 6 atom stereocenters. The third-order valence-corrected chi connectivity index (χ3v) is 4.81. The molecule has 2 saturated carbocycles. The first-order valence-electron chi connectivity index (χ1n) is 5.21. The van der Waals surface area contributed by atoms with Crippen molar-refractivity contribution >= 4 is 0 Å². The third-order valence-electron chi connectivity index (χ3n) is 4.81. The molecule has 0 aromatic rings. The highest BCUT2D eigenvalue weighted by Gasteiger charge is 2.80. The molecule has 3 aliphatic carbocycles. The van der Waals surface area contributed by atoms with Crippen LogP contribution in [0.5, 0.6) is 0 Å². The van der Waals surface area contributed by atoms with Gasteiger partial charge in [0.05, 0.1) is 18.8 Å². The molecule has 1 heterocycles. The summed E-state index contributed by atoms with van der Waals surface area (Å²) >= 11 is 0. The molecule has 1 unspecified atom stereocenters. The van der Waals surface area contributed by atoms with Crippen molar-refractivity contribution in [3.8, 4) is 0 Å². The van der Waals surface area contributed by atoms with Gasteiger partial charge in [0.2, 0.25) is 0 Å². The first-order chi connectivity index (χ1) is 6.39. The molecule has 0 aromatic carbocycles. The van der Waals surface area contributed by atoms with E-state index < -0.39 is 0 Å². The molecule has 0 bridgehead atoms. The Balaban J connectivity index is 1.82. The predicted octanol–water partition coefficient (Wildman–Crippen LogP) is 1.08. The largest absolute Gasteiger partial charge is 0.381 e. The molecule has 1 saturated heterocycles. The number of rotatable bonds is 1. The highest BCUT2D eigenvalue weighted by Crippen LogP contribution is 2.74. The zero-order chi connectivity index (χ0) is 8.63. The minimum absolute atomic E-state index is 0.235. The summed E-state index contributed by atoms with van der Waals surface area (Å²) in [5.41, 5.74) is 0.235. The smallest absolute Gasteiger partial charge is 0.0848 e. The van der Waals surface area contributed by atoms with Gasteiger partial charge in [0.15, 0.2) is 0 Å². The molecule has 0 aromatic heterocycles. The van der Waals surface area contributed by atoms with Crippen LogP contribution in [0, 0.1) is 29.6 Å². The van der Waals surface area contributed by atoms with E-state index >= 15 is 0 Å². The molecular weight excluding hydrogens is 164 g/mol. The number of ether oxygens (including phenoxy) is 2. The van der Waals surface area contributed by atoms with Gasteiger partial charge in [-0.05, 0) is 11.8 Å². The first-order valence-corrected chi connectivity index (χ1v) is 5.21. The SMILES string of the molecule is COC12[C@H]3[C@@H]4COC[C@@H]4[C@@H]1C=C[C@H]32. The van der Waals surface area contributed by atoms with E-state index in [0.717, 1.165) is 36.9 Å². The highest BCUT2D eigenvalue weighted by molar-refractivity contribution is 5.39. The van der Waals surface area contributed by atoms with Crippen molar-refractivity contribution < 1.29 is 9.47 Å². The summed E-state index contributed by atoms with van der Waals surface area (Å²) in [5, 5.41) is 0. The summed E-state index contributed by atoms with van der Waals surface area (Å²) in [6.07, 6.45) is 4.77. The molecule has 70 valence electrons. The minimum atomic E-state index is 0.235. The Hall–Kier alpha value is -0.340. The van der Waals surface area contributed by atoms with Crippen LogP contribution in [0.1, 0.15) is 0 Å². The number of fused-ring (bicyclic) bond motifs is 4. The van der Waals surface area contributed by atoms with Crippen molar-refractivity contribution in [2.24, 2.45) is 29.6 Å². The molecule has 1 aliphatic heterocycles. The maximum Gasteiger partial charge on any atom is 0.0848 e. The van der Waals surface area contributed by atoms with Gasteiger partial charge in [-0.3, -0.25) is 0 Å². The first kappa shape index (κ1) is 7.02. The van der Waals surface area contributed by atoms with Gasteiger partial charge in [-0.15, -0.1) is 0 Å². The molecule has 4 aliphatic rings. The second kappa shape index (κ2) is 1.86. The lowest BCUT2D eigenvalue weighted by Gasteiger charge is -2.21. The van der Waals surface area contributed by atoms with Gasteiger partial charge in [-0.2, -0.15) is 0 Å². The Morgan fingerprint density at radius 1 is 1.23 bits per heavy atom. The summed E-state index contributed by atoms with van der Waals surface area (Å²) in [6, 6.07) is 0. The van der Waals surface area contributed by atoms with Crippen molar-refractivity contribution in [2.45, 2.75) is 5.60 Å². The van der Waals surface area contributed by atoms with E-state index in [2.05, 4.69) is 12.2 Å². The van der Waals surface area contributed by atoms with Crippen LogP contribution in [0.4, 0.5) is 0 Å². The summed E-state index contributed by atoms with van der Waals surface area (Å²) in [4.78, 5) is 0. The van der Waals surface area contributed by atoms with Gasteiger partial charge in [-0.25, -0.2) is 0 Å². The highest BCUT2D eigenvalue weighted by atomic mass is 16.5. The monoisotopic (exact) mass is 178 g/mol. The Morgan fingerprint density at radius 2 is 2.00 bits per heavy atom. The van der Waals surface area contributed by atoms with Crippen LogP contribution in [0.2, 0.25) is 0 Å². The lowest BCUT2D eigenvalue weighted by atomic mass is 9.87. The summed E-state index contributed by atoms with van der Waals surface area (Å²) in [5.74, 6) is 3.75. The Labute approximate surface area is 77.9 Å². The van der Waals surface area contributed by atoms with Gasteiger partial charge in [0.1, 0.15) is 0 Å². The van der Waals surface area contributed by atoms with E-state index in [1.54, 1.807) is 0 Å². The fourth-order valence-electron chi connectivity index (χ4n) is 4.36. The fraction of sp³-hybridized carbons (Fsp3) is 0.818. The second-order valence-corrected chi connectivity index (χ2v) is 4.89. The third kappa shape index (κ3) is 0.522. The summed E-state index contributed by atoms with van der Waals surface area (Å²) < 4.78 is 11.3. The van der Waals surface area contributed by atoms with Gasteiger partial charge in [-0.1, -0.05) is 12.2 Å². The van der Waals surface area contributed by atoms with Crippen LogP contribution in [0.15, 0.2) is 12.2 Å². The molecule has 0 spiro atoms. The maximum absolute atomic E-state index is 5.78. The van der Waals surface area contributed by atoms with E-state index in [0.29, 0.717) is 5.92 Å².